The summed E-state index contributed by atoms with van der Waals surface area (Å²) in [5.74, 6) is 3.26. The molecule has 0 heterocycles. The van der Waals surface area contributed by atoms with Crippen LogP contribution in [0, 0.1) is 41.4 Å². The molecule has 0 bridgehead atoms. The van der Waals surface area contributed by atoms with Crippen molar-refractivity contribution in [2.75, 3.05) is 5.32 Å². The number of carbonyl (C=O) groups excluding carboxylic acids is 2. The van der Waals surface area contributed by atoms with Crippen LogP contribution in [-0.4, -0.2) is 17.7 Å². The number of hydrogen-bond donors (Lipinski definition) is 2. The summed E-state index contributed by atoms with van der Waals surface area (Å²) in [5.41, 5.74) is 10.1. The van der Waals surface area contributed by atoms with E-state index in [0.717, 1.165) is 48.4 Å². The highest BCUT2D eigenvalue weighted by Crippen LogP contribution is 2.68. The zero-order chi connectivity index (χ0) is 24.8. The smallest absolute Gasteiger partial charge is 0.224 e. The Bertz CT molecular complexity index is 975. The van der Waals surface area contributed by atoms with Gasteiger partial charge in [0.2, 0.25) is 5.91 Å². The van der Waals surface area contributed by atoms with E-state index in [1.165, 1.54) is 64.2 Å². The highest BCUT2D eigenvalue weighted by atomic mass is 16.1. The maximum Gasteiger partial charge on any atom is 0.224 e. The van der Waals surface area contributed by atoms with Gasteiger partial charge in [0, 0.05) is 17.5 Å². The van der Waals surface area contributed by atoms with Gasteiger partial charge in [0.05, 0.1) is 5.69 Å². The highest BCUT2D eigenvalue weighted by molar-refractivity contribution is 5.97. The molecule has 5 rings (SSSR count). The van der Waals surface area contributed by atoms with E-state index in [-0.39, 0.29) is 11.4 Å². The average molecular weight is 479 g/mol. The van der Waals surface area contributed by atoms with Gasteiger partial charge < -0.3 is 11.1 Å². The fourth-order valence-electron chi connectivity index (χ4n) is 9.59. The molecule has 0 aromatic heterocycles. The van der Waals surface area contributed by atoms with Crippen LogP contribution in [0.5, 0.6) is 0 Å². The number of carbonyl (C=O) groups is 2. The first-order chi connectivity index (χ1) is 16.7. The zero-order valence-electron chi connectivity index (χ0n) is 22.2. The second kappa shape index (κ2) is 9.32. The molecule has 0 saturated heterocycles. The van der Waals surface area contributed by atoms with Gasteiger partial charge in [-0.2, -0.15) is 0 Å². The highest BCUT2D eigenvalue weighted by Gasteiger charge is 2.62. The van der Waals surface area contributed by atoms with Crippen LogP contribution in [0.4, 0.5) is 5.69 Å². The van der Waals surface area contributed by atoms with Gasteiger partial charge in [-0.15, -0.1) is 0 Å². The lowest BCUT2D eigenvalue weighted by Crippen LogP contribution is -2.65. The van der Waals surface area contributed by atoms with Gasteiger partial charge in [0.1, 0.15) is 0 Å². The summed E-state index contributed by atoms with van der Waals surface area (Å²) < 4.78 is 0. The van der Waals surface area contributed by atoms with Crippen LogP contribution in [0.2, 0.25) is 0 Å². The van der Waals surface area contributed by atoms with E-state index in [2.05, 4.69) is 19.2 Å². The summed E-state index contributed by atoms with van der Waals surface area (Å²) in [6.07, 6.45) is 16.6. The normalized spacial score (nSPS) is 40.3. The lowest BCUT2D eigenvalue weighted by atomic mass is 9.42. The summed E-state index contributed by atoms with van der Waals surface area (Å²) in [6.45, 7) is 7.04. The van der Waals surface area contributed by atoms with Crippen molar-refractivity contribution >= 4 is 17.9 Å². The van der Waals surface area contributed by atoms with E-state index >= 15 is 0 Å². The molecule has 0 aliphatic heterocycles. The van der Waals surface area contributed by atoms with Gasteiger partial charge in [-0.05, 0) is 117 Å². The third-order valence-corrected chi connectivity index (χ3v) is 11.8. The Hall–Kier alpha value is -1.68. The molecule has 0 spiro atoms. The first-order valence-corrected chi connectivity index (χ1v) is 14.4. The zero-order valence-corrected chi connectivity index (χ0v) is 22.2. The first-order valence-electron chi connectivity index (χ1n) is 14.4. The van der Waals surface area contributed by atoms with Crippen molar-refractivity contribution in [2.24, 2.45) is 40.2 Å². The fraction of sp³-hybridized carbons (Fsp3) is 0.742. The molecule has 1 aromatic rings. The quantitative estimate of drug-likeness (QED) is 0.430. The van der Waals surface area contributed by atoms with Crippen molar-refractivity contribution in [1.82, 2.24) is 0 Å². The number of nitrogens with two attached hydrogens (primary N) is 1. The van der Waals surface area contributed by atoms with E-state index in [0.29, 0.717) is 28.5 Å². The lowest BCUT2D eigenvalue weighted by Gasteiger charge is -2.64. The number of anilines is 1. The van der Waals surface area contributed by atoms with Gasteiger partial charge in [0.15, 0.2) is 6.29 Å². The van der Waals surface area contributed by atoms with Crippen molar-refractivity contribution in [1.29, 1.82) is 0 Å². The van der Waals surface area contributed by atoms with Crippen molar-refractivity contribution in [3.05, 3.63) is 29.3 Å². The second-order valence-corrected chi connectivity index (χ2v) is 13.1. The summed E-state index contributed by atoms with van der Waals surface area (Å²) in [6, 6.07) is 5.62. The van der Waals surface area contributed by atoms with E-state index in [1.807, 2.05) is 25.1 Å². The molecule has 7 atom stereocenters. The number of benzene rings is 1. The number of rotatable bonds is 6. The van der Waals surface area contributed by atoms with E-state index in [1.54, 1.807) is 0 Å². The van der Waals surface area contributed by atoms with Gasteiger partial charge in [0.25, 0.3) is 0 Å². The lowest BCUT2D eigenvalue weighted by molar-refractivity contribution is -0.122. The van der Waals surface area contributed by atoms with Crippen LogP contribution in [-0.2, 0) is 4.79 Å². The number of amides is 1. The van der Waals surface area contributed by atoms with Gasteiger partial charge in [-0.3, -0.25) is 9.59 Å². The number of aldehydes is 1. The number of aryl methyl sites for hydroxylation is 1. The van der Waals surface area contributed by atoms with Crippen LogP contribution >= 0.6 is 0 Å². The maximum absolute atomic E-state index is 12.7. The Morgan fingerprint density at radius 1 is 1.06 bits per heavy atom. The standard InChI is InChI=1S/C31H46N2O2/c1-21-8-6-10-27(24(21)20-34)33-28(35)11-7-9-22-12-13-25-23-14-19-31(32)17-5-4-16-30(31,3)26(23)15-18-29(22,25)2/h6,8,10,20,22-23,25-26H,4-5,7,9,11-19,32H2,1-3H3,(H,33,35). The first kappa shape index (κ1) is 25.0. The van der Waals surface area contributed by atoms with Crippen molar-refractivity contribution in [3.8, 4) is 0 Å². The minimum Gasteiger partial charge on any atom is -0.325 e. The van der Waals surface area contributed by atoms with Crippen LogP contribution < -0.4 is 11.1 Å². The Morgan fingerprint density at radius 3 is 2.66 bits per heavy atom. The van der Waals surface area contributed by atoms with Crippen LogP contribution in [0.25, 0.3) is 0 Å². The molecular formula is C31H46N2O2. The second-order valence-electron chi connectivity index (χ2n) is 13.1. The predicted octanol–water partition coefficient (Wildman–Crippen LogP) is 7.05. The minimum absolute atomic E-state index is 0.0268. The van der Waals surface area contributed by atoms with Gasteiger partial charge in [-0.1, -0.05) is 38.8 Å². The average Bonchev–Trinajstić information content (AvgIpc) is 3.16. The third kappa shape index (κ3) is 4.08. The number of nitrogens with one attached hydrogen (secondary N) is 1. The topological polar surface area (TPSA) is 72.2 Å². The van der Waals surface area contributed by atoms with Crippen LogP contribution in [0.15, 0.2) is 18.2 Å². The molecule has 3 N–H and O–H groups in total. The summed E-state index contributed by atoms with van der Waals surface area (Å²) in [4.78, 5) is 24.1. The fourth-order valence-corrected chi connectivity index (χ4v) is 9.59. The molecule has 4 heteroatoms. The van der Waals surface area contributed by atoms with E-state index in [9.17, 15) is 9.59 Å². The number of hydrogen-bond acceptors (Lipinski definition) is 3. The molecule has 4 fully saturated rings. The molecule has 4 aliphatic rings. The summed E-state index contributed by atoms with van der Waals surface area (Å²) in [5, 5.41) is 2.98. The third-order valence-electron chi connectivity index (χ3n) is 11.8. The Balaban J connectivity index is 1.19. The molecule has 4 aliphatic carbocycles. The number of fused-ring (bicyclic) bond motifs is 5. The molecule has 0 radical (unpaired) electrons. The summed E-state index contributed by atoms with van der Waals surface area (Å²) in [7, 11) is 0. The SMILES string of the molecule is Cc1cccc(NC(=O)CCCC2CCC3C4CCC5(N)CCCCC5(C)C4CCC23C)c1C=O. The van der Waals surface area contributed by atoms with Crippen LogP contribution in [0.1, 0.15) is 113 Å². The Morgan fingerprint density at radius 2 is 1.86 bits per heavy atom. The van der Waals surface area contributed by atoms with Gasteiger partial charge >= 0.3 is 0 Å². The predicted molar refractivity (Wildman–Crippen MR) is 142 cm³/mol. The minimum atomic E-state index is 0.0268. The van der Waals surface area contributed by atoms with Gasteiger partial charge in [-0.25, -0.2) is 0 Å². The molecular weight excluding hydrogens is 432 g/mol. The molecule has 192 valence electrons. The molecule has 1 aromatic carbocycles. The molecule has 4 saturated carbocycles. The Kier molecular flexibility index (Phi) is 6.66. The Labute approximate surface area is 212 Å². The molecule has 7 unspecified atom stereocenters. The monoisotopic (exact) mass is 478 g/mol. The largest absolute Gasteiger partial charge is 0.325 e. The molecule has 4 nitrogen and oxygen atoms in total. The molecule has 35 heavy (non-hydrogen) atoms. The van der Waals surface area contributed by atoms with E-state index < -0.39 is 0 Å². The van der Waals surface area contributed by atoms with Crippen molar-refractivity contribution < 1.29 is 9.59 Å². The summed E-state index contributed by atoms with van der Waals surface area (Å²) >= 11 is 0. The van der Waals surface area contributed by atoms with Crippen molar-refractivity contribution in [2.45, 2.75) is 110 Å². The van der Waals surface area contributed by atoms with Crippen molar-refractivity contribution in [3.63, 3.8) is 0 Å². The molecule has 1 amide bonds. The van der Waals surface area contributed by atoms with E-state index in [4.69, 9.17) is 5.73 Å². The maximum atomic E-state index is 12.7. The van der Waals surface area contributed by atoms with Crippen LogP contribution in [0.3, 0.4) is 0 Å².